The van der Waals surface area contributed by atoms with Crippen LogP contribution in [0.5, 0.6) is 0 Å². The SMILES string of the molecule is CNC(CCO)C(C)O. The van der Waals surface area contributed by atoms with Crippen molar-refractivity contribution in [3.05, 3.63) is 0 Å². The maximum Gasteiger partial charge on any atom is 0.0665 e. The maximum atomic E-state index is 8.97. The Kier molecular flexibility index (Phi) is 4.67. The summed E-state index contributed by atoms with van der Waals surface area (Å²) in [5.41, 5.74) is 0. The van der Waals surface area contributed by atoms with Gasteiger partial charge in [0.15, 0.2) is 0 Å². The first-order valence-electron chi connectivity index (χ1n) is 3.18. The van der Waals surface area contributed by atoms with Crippen molar-refractivity contribution in [1.29, 1.82) is 0 Å². The van der Waals surface area contributed by atoms with Crippen LogP contribution in [0, 0.1) is 0 Å². The summed E-state index contributed by atoms with van der Waals surface area (Å²) in [6.07, 6.45) is 0.218. The van der Waals surface area contributed by atoms with Crippen LogP contribution in [0.1, 0.15) is 13.3 Å². The number of likely N-dealkylation sites (N-methyl/N-ethyl adjacent to an activating group) is 1. The van der Waals surface area contributed by atoms with Crippen molar-refractivity contribution in [1.82, 2.24) is 5.32 Å². The Balaban J connectivity index is 3.41. The molecule has 0 heterocycles. The molecule has 0 aromatic carbocycles. The van der Waals surface area contributed by atoms with Gasteiger partial charge in [-0.3, -0.25) is 0 Å². The molecule has 2 atom stereocenters. The van der Waals surface area contributed by atoms with E-state index >= 15 is 0 Å². The van der Waals surface area contributed by atoms with E-state index in [1.165, 1.54) is 0 Å². The average Bonchev–Trinajstić information content (AvgIpc) is 1.82. The molecule has 56 valence electrons. The molecule has 3 nitrogen and oxygen atoms in total. The van der Waals surface area contributed by atoms with Crippen molar-refractivity contribution < 1.29 is 10.2 Å². The smallest absolute Gasteiger partial charge is 0.0665 e. The van der Waals surface area contributed by atoms with Crippen LogP contribution in [0.4, 0.5) is 0 Å². The second-order valence-electron chi connectivity index (χ2n) is 2.15. The molecule has 0 aromatic heterocycles. The fourth-order valence-corrected chi connectivity index (χ4v) is 0.766. The zero-order chi connectivity index (χ0) is 7.28. The topological polar surface area (TPSA) is 52.5 Å². The summed E-state index contributed by atoms with van der Waals surface area (Å²) < 4.78 is 0. The lowest BCUT2D eigenvalue weighted by molar-refractivity contribution is 0.130. The highest BCUT2D eigenvalue weighted by Gasteiger charge is 2.09. The summed E-state index contributed by atoms with van der Waals surface area (Å²) in [7, 11) is 1.77. The van der Waals surface area contributed by atoms with Gasteiger partial charge in [-0.05, 0) is 20.4 Å². The van der Waals surface area contributed by atoms with Crippen molar-refractivity contribution in [2.75, 3.05) is 13.7 Å². The van der Waals surface area contributed by atoms with Crippen LogP contribution in [0.25, 0.3) is 0 Å². The molecule has 3 heteroatoms. The molecular weight excluding hydrogens is 118 g/mol. The fraction of sp³-hybridized carbons (Fsp3) is 1.00. The lowest BCUT2D eigenvalue weighted by Gasteiger charge is -2.17. The van der Waals surface area contributed by atoms with E-state index in [2.05, 4.69) is 5.32 Å². The second kappa shape index (κ2) is 4.73. The highest BCUT2D eigenvalue weighted by atomic mass is 16.3. The number of hydrogen-bond donors (Lipinski definition) is 3. The molecule has 0 rings (SSSR count). The van der Waals surface area contributed by atoms with E-state index in [9.17, 15) is 0 Å². The Labute approximate surface area is 55.7 Å². The van der Waals surface area contributed by atoms with Crippen molar-refractivity contribution in [3.63, 3.8) is 0 Å². The minimum atomic E-state index is -0.387. The van der Waals surface area contributed by atoms with E-state index in [1.54, 1.807) is 14.0 Å². The van der Waals surface area contributed by atoms with Crippen LogP contribution >= 0.6 is 0 Å². The van der Waals surface area contributed by atoms with Gasteiger partial charge in [0.25, 0.3) is 0 Å². The summed E-state index contributed by atoms with van der Waals surface area (Å²) >= 11 is 0. The summed E-state index contributed by atoms with van der Waals surface area (Å²) in [5, 5.41) is 20.3. The molecule has 9 heavy (non-hydrogen) atoms. The Morgan fingerprint density at radius 3 is 2.22 bits per heavy atom. The van der Waals surface area contributed by atoms with E-state index < -0.39 is 0 Å². The van der Waals surface area contributed by atoms with Gasteiger partial charge in [-0.1, -0.05) is 0 Å². The molecular formula is C6H15NO2. The highest BCUT2D eigenvalue weighted by Crippen LogP contribution is 1.95. The van der Waals surface area contributed by atoms with Crippen molar-refractivity contribution in [2.45, 2.75) is 25.5 Å². The minimum absolute atomic E-state index is 0.0231. The number of nitrogens with one attached hydrogen (secondary N) is 1. The predicted molar refractivity (Wildman–Crippen MR) is 36.2 cm³/mol. The fourth-order valence-electron chi connectivity index (χ4n) is 0.766. The maximum absolute atomic E-state index is 8.97. The average molecular weight is 133 g/mol. The molecule has 0 aliphatic heterocycles. The van der Waals surface area contributed by atoms with Crippen LogP contribution < -0.4 is 5.32 Å². The van der Waals surface area contributed by atoms with E-state index in [4.69, 9.17) is 10.2 Å². The summed E-state index contributed by atoms with van der Waals surface area (Å²) in [4.78, 5) is 0. The summed E-state index contributed by atoms with van der Waals surface area (Å²) in [6.45, 7) is 1.83. The van der Waals surface area contributed by atoms with Crippen LogP contribution in [-0.4, -0.2) is 36.0 Å². The number of aliphatic hydroxyl groups excluding tert-OH is 2. The summed E-state index contributed by atoms with van der Waals surface area (Å²) in [6, 6.07) is 0.0231. The van der Waals surface area contributed by atoms with Crippen LogP contribution in [0.15, 0.2) is 0 Å². The first kappa shape index (κ1) is 8.88. The van der Waals surface area contributed by atoms with Gasteiger partial charge in [-0.25, -0.2) is 0 Å². The third-order valence-electron chi connectivity index (χ3n) is 1.39. The van der Waals surface area contributed by atoms with Gasteiger partial charge in [-0.2, -0.15) is 0 Å². The molecule has 0 bridgehead atoms. The van der Waals surface area contributed by atoms with Crippen molar-refractivity contribution >= 4 is 0 Å². The summed E-state index contributed by atoms with van der Waals surface area (Å²) in [5.74, 6) is 0. The van der Waals surface area contributed by atoms with E-state index in [-0.39, 0.29) is 18.8 Å². The molecule has 0 spiro atoms. The lowest BCUT2D eigenvalue weighted by atomic mass is 10.1. The molecule has 0 aliphatic carbocycles. The normalized spacial score (nSPS) is 17.3. The monoisotopic (exact) mass is 133 g/mol. The van der Waals surface area contributed by atoms with Gasteiger partial charge in [0.2, 0.25) is 0 Å². The predicted octanol–water partition coefficient (Wildman–Crippen LogP) is -0.662. The zero-order valence-electron chi connectivity index (χ0n) is 5.96. The van der Waals surface area contributed by atoms with Gasteiger partial charge >= 0.3 is 0 Å². The van der Waals surface area contributed by atoms with Gasteiger partial charge in [0.05, 0.1) is 6.10 Å². The molecule has 0 radical (unpaired) electrons. The first-order chi connectivity index (χ1) is 4.22. The second-order valence-corrected chi connectivity index (χ2v) is 2.15. The van der Waals surface area contributed by atoms with Crippen LogP contribution in [-0.2, 0) is 0 Å². The molecule has 0 amide bonds. The molecule has 0 saturated heterocycles. The quantitative estimate of drug-likeness (QED) is 0.477. The molecule has 0 saturated carbocycles. The zero-order valence-corrected chi connectivity index (χ0v) is 5.96. The van der Waals surface area contributed by atoms with Crippen molar-refractivity contribution in [3.8, 4) is 0 Å². The van der Waals surface area contributed by atoms with Gasteiger partial charge < -0.3 is 15.5 Å². The molecule has 0 fully saturated rings. The molecule has 0 aliphatic rings. The largest absolute Gasteiger partial charge is 0.396 e. The van der Waals surface area contributed by atoms with Gasteiger partial charge in [-0.15, -0.1) is 0 Å². The van der Waals surface area contributed by atoms with Gasteiger partial charge in [0, 0.05) is 12.6 Å². The third kappa shape index (κ3) is 3.46. The minimum Gasteiger partial charge on any atom is -0.396 e. The Morgan fingerprint density at radius 2 is 2.11 bits per heavy atom. The van der Waals surface area contributed by atoms with Crippen LogP contribution in [0.3, 0.4) is 0 Å². The number of rotatable bonds is 4. The Morgan fingerprint density at radius 1 is 1.56 bits per heavy atom. The lowest BCUT2D eigenvalue weighted by Crippen LogP contribution is -2.36. The third-order valence-corrected chi connectivity index (χ3v) is 1.39. The van der Waals surface area contributed by atoms with Crippen LogP contribution in [0.2, 0.25) is 0 Å². The molecule has 3 N–H and O–H groups in total. The van der Waals surface area contributed by atoms with Gasteiger partial charge in [0.1, 0.15) is 0 Å². The molecule has 2 unspecified atom stereocenters. The number of hydrogen-bond acceptors (Lipinski definition) is 3. The highest BCUT2D eigenvalue weighted by molar-refractivity contribution is 4.68. The van der Waals surface area contributed by atoms with E-state index in [0.29, 0.717) is 6.42 Å². The van der Waals surface area contributed by atoms with Crippen molar-refractivity contribution in [2.24, 2.45) is 0 Å². The Hall–Kier alpha value is -0.120. The first-order valence-corrected chi connectivity index (χ1v) is 3.18. The Bertz CT molecular complexity index is 66.1. The van der Waals surface area contributed by atoms with E-state index in [1.807, 2.05) is 0 Å². The van der Waals surface area contributed by atoms with E-state index in [0.717, 1.165) is 0 Å². The molecule has 0 aromatic rings. The standard InChI is InChI=1S/C6H15NO2/c1-5(9)6(7-2)3-4-8/h5-9H,3-4H2,1-2H3. The number of aliphatic hydroxyl groups is 2.